The van der Waals surface area contributed by atoms with Gasteiger partial charge in [-0.15, -0.1) is 0 Å². The van der Waals surface area contributed by atoms with Gasteiger partial charge in [-0.2, -0.15) is 13.2 Å². The summed E-state index contributed by atoms with van der Waals surface area (Å²) in [6.45, 7) is 3.23. The summed E-state index contributed by atoms with van der Waals surface area (Å²) < 4.78 is 38.2. The summed E-state index contributed by atoms with van der Waals surface area (Å²) in [7, 11) is 0. The van der Waals surface area contributed by atoms with Crippen molar-refractivity contribution >= 4 is 6.21 Å². The lowest BCUT2D eigenvalue weighted by Crippen LogP contribution is -2.50. The minimum Gasteiger partial charge on any atom is -0.376 e. The summed E-state index contributed by atoms with van der Waals surface area (Å²) in [5, 5.41) is 16.4. The van der Waals surface area contributed by atoms with Gasteiger partial charge in [0.1, 0.15) is 0 Å². The van der Waals surface area contributed by atoms with Crippen LogP contribution in [0.2, 0.25) is 0 Å². The van der Waals surface area contributed by atoms with Crippen molar-refractivity contribution in [1.29, 1.82) is 5.41 Å². The van der Waals surface area contributed by atoms with E-state index in [1.54, 1.807) is 44.2 Å². The molecule has 1 aromatic carbocycles. The highest BCUT2D eigenvalue weighted by Crippen LogP contribution is 2.39. The molecule has 1 rings (SSSR count). The number of hydrogen-bond donors (Lipinski definition) is 2. The molecule has 1 atom stereocenters. The van der Waals surface area contributed by atoms with Gasteiger partial charge in [0.25, 0.3) is 0 Å². The van der Waals surface area contributed by atoms with Gasteiger partial charge in [-0.3, -0.25) is 0 Å². The maximum absolute atomic E-state index is 12.7. The van der Waals surface area contributed by atoms with Gasteiger partial charge in [-0.05, 0) is 17.4 Å². The van der Waals surface area contributed by atoms with E-state index in [1.807, 2.05) is 0 Å². The Kier molecular flexibility index (Phi) is 3.86. The van der Waals surface area contributed by atoms with Gasteiger partial charge >= 0.3 is 6.18 Å². The van der Waals surface area contributed by atoms with Gasteiger partial charge in [0, 0.05) is 6.21 Å². The lowest BCUT2D eigenvalue weighted by Gasteiger charge is -2.35. The normalized spacial score (nSPS) is 16.1. The smallest absolute Gasteiger partial charge is 0.376 e. The summed E-state index contributed by atoms with van der Waals surface area (Å²) in [4.78, 5) is 0. The Balaban J connectivity index is 3.05. The number of rotatable bonds is 4. The molecule has 0 spiro atoms. The van der Waals surface area contributed by atoms with Gasteiger partial charge in [0.15, 0.2) is 5.60 Å². The van der Waals surface area contributed by atoms with Crippen LogP contribution in [0.25, 0.3) is 0 Å². The molecule has 0 bridgehead atoms. The van der Waals surface area contributed by atoms with Gasteiger partial charge in [-0.1, -0.05) is 44.2 Å². The summed E-state index contributed by atoms with van der Waals surface area (Å²) in [5.74, 6) is 0. The Bertz CT molecular complexity index is 414. The highest BCUT2D eigenvalue weighted by atomic mass is 19.4. The van der Waals surface area contributed by atoms with Gasteiger partial charge in [-0.25, -0.2) is 0 Å². The topological polar surface area (TPSA) is 44.1 Å². The second-order valence-electron chi connectivity index (χ2n) is 4.99. The quantitative estimate of drug-likeness (QED) is 0.800. The maximum atomic E-state index is 12.7. The van der Waals surface area contributed by atoms with Crippen LogP contribution >= 0.6 is 0 Å². The van der Waals surface area contributed by atoms with Crippen LogP contribution in [-0.2, 0) is 5.41 Å². The van der Waals surface area contributed by atoms with Crippen molar-refractivity contribution < 1.29 is 18.3 Å². The molecule has 0 aromatic heterocycles. The average molecular weight is 259 g/mol. The molecule has 0 radical (unpaired) electrons. The largest absolute Gasteiger partial charge is 0.422 e. The molecule has 0 saturated heterocycles. The zero-order chi connectivity index (χ0) is 14.0. The monoisotopic (exact) mass is 259 g/mol. The minimum atomic E-state index is -4.85. The predicted molar refractivity (Wildman–Crippen MR) is 63.9 cm³/mol. The van der Waals surface area contributed by atoms with Gasteiger partial charge in [0.05, 0.1) is 0 Å². The molecule has 0 saturated carbocycles. The van der Waals surface area contributed by atoms with Crippen molar-refractivity contribution in [3.63, 3.8) is 0 Å². The molecule has 2 N–H and O–H groups in total. The fourth-order valence-electron chi connectivity index (χ4n) is 1.90. The number of alkyl halides is 3. The molecule has 5 heteroatoms. The van der Waals surface area contributed by atoms with E-state index in [2.05, 4.69) is 0 Å². The molecule has 0 amide bonds. The summed E-state index contributed by atoms with van der Waals surface area (Å²) >= 11 is 0. The fourth-order valence-corrected chi connectivity index (χ4v) is 1.90. The van der Waals surface area contributed by atoms with E-state index >= 15 is 0 Å². The zero-order valence-corrected chi connectivity index (χ0v) is 10.3. The predicted octanol–water partition coefficient (Wildman–Crippen LogP) is 3.30. The lowest BCUT2D eigenvalue weighted by molar-refractivity contribution is -0.234. The first-order chi connectivity index (χ1) is 8.12. The van der Waals surface area contributed by atoms with Crippen LogP contribution in [0.15, 0.2) is 30.3 Å². The molecule has 0 aliphatic rings. The first-order valence-corrected chi connectivity index (χ1v) is 5.49. The van der Waals surface area contributed by atoms with Crippen LogP contribution in [0.4, 0.5) is 13.2 Å². The Hall–Kier alpha value is -1.36. The highest BCUT2D eigenvalue weighted by Gasteiger charge is 2.54. The Morgan fingerprint density at radius 2 is 1.67 bits per heavy atom. The molecule has 0 heterocycles. The first-order valence-electron chi connectivity index (χ1n) is 5.49. The van der Waals surface area contributed by atoms with E-state index in [0.717, 1.165) is 0 Å². The SMILES string of the molecule is CC(C)(CC(O)(C=N)C(F)(F)F)c1ccccc1. The summed E-state index contributed by atoms with van der Waals surface area (Å²) in [6, 6.07) is 8.65. The van der Waals surface area contributed by atoms with Crippen LogP contribution in [0.1, 0.15) is 25.8 Å². The minimum absolute atomic E-state index is 0.0672. The molecule has 0 fully saturated rings. The van der Waals surface area contributed by atoms with E-state index in [9.17, 15) is 18.3 Å². The second kappa shape index (κ2) is 4.72. The molecular formula is C13H16F3NO. The van der Waals surface area contributed by atoms with Crippen molar-refractivity contribution in [3.05, 3.63) is 35.9 Å². The van der Waals surface area contributed by atoms with E-state index in [4.69, 9.17) is 5.41 Å². The number of halogens is 3. The second-order valence-corrected chi connectivity index (χ2v) is 4.99. The van der Waals surface area contributed by atoms with Crippen molar-refractivity contribution in [2.45, 2.75) is 37.5 Å². The number of hydrogen-bond acceptors (Lipinski definition) is 2. The fraction of sp³-hybridized carbons (Fsp3) is 0.462. The molecule has 1 aromatic rings. The average Bonchev–Trinajstić information content (AvgIpc) is 2.28. The van der Waals surface area contributed by atoms with Gasteiger partial charge in [0.2, 0.25) is 0 Å². The lowest BCUT2D eigenvalue weighted by atomic mass is 9.75. The number of nitrogens with one attached hydrogen (secondary N) is 1. The number of benzene rings is 1. The Labute approximate surface area is 104 Å². The molecular weight excluding hydrogens is 243 g/mol. The Morgan fingerprint density at radius 1 is 1.17 bits per heavy atom. The summed E-state index contributed by atoms with van der Waals surface area (Å²) in [6.07, 6.45) is -5.37. The molecule has 18 heavy (non-hydrogen) atoms. The third-order valence-corrected chi connectivity index (χ3v) is 3.00. The van der Waals surface area contributed by atoms with Crippen LogP contribution < -0.4 is 0 Å². The van der Waals surface area contributed by atoms with Crippen molar-refractivity contribution in [2.24, 2.45) is 0 Å². The molecule has 100 valence electrons. The third kappa shape index (κ3) is 2.90. The van der Waals surface area contributed by atoms with Crippen molar-refractivity contribution in [2.75, 3.05) is 0 Å². The highest BCUT2D eigenvalue weighted by molar-refractivity contribution is 5.66. The number of aliphatic hydroxyl groups is 1. The zero-order valence-electron chi connectivity index (χ0n) is 10.3. The Morgan fingerprint density at radius 3 is 2.06 bits per heavy atom. The first kappa shape index (κ1) is 14.7. The van der Waals surface area contributed by atoms with E-state index in [0.29, 0.717) is 5.56 Å². The van der Waals surface area contributed by atoms with E-state index in [-0.39, 0.29) is 6.21 Å². The van der Waals surface area contributed by atoms with Crippen molar-refractivity contribution in [1.82, 2.24) is 0 Å². The summed E-state index contributed by atoms with van der Waals surface area (Å²) in [5.41, 5.74) is -3.29. The van der Waals surface area contributed by atoms with E-state index < -0.39 is 23.6 Å². The van der Waals surface area contributed by atoms with Crippen LogP contribution in [0.5, 0.6) is 0 Å². The van der Waals surface area contributed by atoms with Crippen LogP contribution in [-0.4, -0.2) is 23.1 Å². The van der Waals surface area contributed by atoms with Crippen molar-refractivity contribution in [3.8, 4) is 0 Å². The third-order valence-electron chi connectivity index (χ3n) is 3.00. The van der Waals surface area contributed by atoms with E-state index in [1.165, 1.54) is 0 Å². The molecule has 0 aliphatic heterocycles. The molecule has 0 aliphatic carbocycles. The van der Waals surface area contributed by atoms with Crippen LogP contribution in [0, 0.1) is 5.41 Å². The van der Waals surface area contributed by atoms with Crippen LogP contribution in [0.3, 0.4) is 0 Å². The standard InChI is InChI=1S/C13H16F3NO/c1-11(2,10-6-4-3-5-7-10)8-12(18,9-17)13(14,15)16/h3-7,9,17-18H,8H2,1-2H3. The maximum Gasteiger partial charge on any atom is 0.422 e. The van der Waals surface area contributed by atoms with Gasteiger partial charge < -0.3 is 10.5 Å². The molecule has 1 unspecified atom stereocenters. The molecule has 2 nitrogen and oxygen atoms in total.